The van der Waals surface area contributed by atoms with Crippen LogP contribution in [0.25, 0.3) is 0 Å². The zero-order valence-corrected chi connectivity index (χ0v) is 13.6. The van der Waals surface area contributed by atoms with Crippen molar-refractivity contribution in [2.24, 2.45) is 5.16 Å². The molecule has 3 rings (SSSR count). The Morgan fingerprint density at radius 1 is 1.33 bits per heavy atom. The van der Waals surface area contributed by atoms with Gasteiger partial charge in [0, 0.05) is 31.6 Å². The second-order valence-electron chi connectivity index (χ2n) is 5.95. The van der Waals surface area contributed by atoms with Gasteiger partial charge in [0.2, 0.25) is 6.10 Å². The van der Waals surface area contributed by atoms with Crippen LogP contribution in [0.5, 0.6) is 5.75 Å². The maximum absolute atomic E-state index is 12.2. The molecule has 2 heterocycles. The SMILES string of the molecule is O=C(NCCCN1CCOCC1)[C@H]1CC(c2ccccc2O)=NO1. The highest BCUT2D eigenvalue weighted by Crippen LogP contribution is 2.23. The van der Waals surface area contributed by atoms with Crippen LogP contribution in [0.15, 0.2) is 29.4 Å². The molecule has 1 aromatic carbocycles. The minimum atomic E-state index is -0.622. The number of hydrogen-bond donors (Lipinski definition) is 2. The van der Waals surface area contributed by atoms with Gasteiger partial charge in [-0.1, -0.05) is 17.3 Å². The lowest BCUT2D eigenvalue weighted by atomic mass is 10.0. The van der Waals surface area contributed by atoms with E-state index in [0.717, 1.165) is 39.3 Å². The fraction of sp³-hybridized carbons (Fsp3) is 0.529. The lowest BCUT2D eigenvalue weighted by molar-refractivity contribution is -0.131. The van der Waals surface area contributed by atoms with E-state index in [1.165, 1.54) is 0 Å². The van der Waals surface area contributed by atoms with Gasteiger partial charge in [-0.3, -0.25) is 9.69 Å². The number of hydrogen-bond acceptors (Lipinski definition) is 6. The minimum absolute atomic E-state index is 0.145. The van der Waals surface area contributed by atoms with Gasteiger partial charge in [-0.05, 0) is 25.1 Å². The first-order valence-electron chi connectivity index (χ1n) is 8.33. The van der Waals surface area contributed by atoms with Crippen molar-refractivity contribution >= 4 is 11.6 Å². The van der Waals surface area contributed by atoms with Crippen molar-refractivity contribution in [3.63, 3.8) is 0 Å². The molecule has 0 unspecified atom stereocenters. The molecule has 1 aromatic rings. The number of morpholine rings is 1. The van der Waals surface area contributed by atoms with Crippen LogP contribution in [0.2, 0.25) is 0 Å². The lowest BCUT2D eigenvalue weighted by Crippen LogP contribution is -2.39. The van der Waals surface area contributed by atoms with Crippen LogP contribution in [0.3, 0.4) is 0 Å². The van der Waals surface area contributed by atoms with E-state index in [2.05, 4.69) is 15.4 Å². The van der Waals surface area contributed by atoms with Gasteiger partial charge in [-0.2, -0.15) is 0 Å². The number of carbonyl (C=O) groups excluding carboxylic acids is 1. The molecular formula is C17H23N3O4. The topological polar surface area (TPSA) is 83.4 Å². The molecular weight excluding hydrogens is 310 g/mol. The van der Waals surface area contributed by atoms with Gasteiger partial charge in [0.25, 0.3) is 5.91 Å². The summed E-state index contributed by atoms with van der Waals surface area (Å²) in [6.07, 6.45) is 0.640. The quantitative estimate of drug-likeness (QED) is 0.750. The Bertz CT molecular complexity index is 599. The first kappa shape index (κ1) is 16.7. The van der Waals surface area contributed by atoms with E-state index in [9.17, 15) is 9.90 Å². The average molecular weight is 333 g/mol. The smallest absolute Gasteiger partial charge is 0.264 e. The molecule has 1 atom stereocenters. The first-order chi connectivity index (χ1) is 11.7. The van der Waals surface area contributed by atoms with Gasteiger partial charge >= 0.3 is 0 Å². The number of amides is 1. The molecule has 24 heavy (non-hydrogen) atoms. The van der Waals surface area contributed by atoms with E-state index in [0.29, 0.717) is 24.2 Å². The number of phenolic OH excluding ortho intramolecular Hbond substituents is 1. The summed E-state index contributed by atoms with van der Waals surface area (Å²) in [7, 11) is 0. The highest BCUT2D eigenvalue weighted by Gasteiger charge is 2.29. The molecule has 130 valence electrons. The highest BCUT2D eigenvalue weighted by atomic mass is 16.6. The number of phenols is 1. The van der Waals surface area contributed by atoms with Crippen molar-refractivity contribution in [3.8, 4) is 5.75 Å². The molecule has 0 spiro atoms. The Morgan fingerprint density at radius 2 is 2.12 bits per heavy atom. The number of carbonyl (C=O) groups is 1. The number of oxime groups is 1. The Labute approximate surface area is 141 Å². The molecule has 7 nitrogen and oxygen atoms in total. The summed E-state index contributed by atoms with van der Waals surface area (Å²) < 4.78 is 5.31. The largest absolute Gasteiger partial charge is 0.507 e. The number of nitrogens with one attached hydrogen (secondary N) is 1. The molecule has 0 saturated carbocycles. The molecule has 2 N–H and O–H groups in total. The van der Waals surface area contributed by atoms with Gasteiger partial charge in [0.1, 0.15) is 5.75 Å². The van der Waals surface area contributed by atoms with Crippen molar-refractivity contribution in [1.82, 2.24) is 10.2 Å². The molecule has 0 radical (unpaired) electrons. The van der Waals surface area contributed by atoms with Crippen molar-refractivity contribution in [1.29, 1.82) is 0 Å². The van der Waals surface area contributed by atoms with Gasteiger partial charge in [0.15, 0.2) is 0 Å². The summed E-state index contributed by atoms with van der Waals surface area (Å²) in [5.74, 6) is -0.0161. The number of nitrogens with zero attached hydrogens (tertiary/aromatic N) is 2. The zero-order valence-electron chi connectivity index (χ0n) is 13.6. The first-order valence-corrected chi connectivity index (χ1v) is 8.33. The fourth-order valence-electron chi connectivity index (χ4n) is 2.85. The maximum atomic E-state index is 12.2. The summed E-state index contributed by atoms with van der Waals surface area (Å²) in [6.45, 7) is 5.05. The van der Waals surface area contributed by atoms with Crippen molar-refractivity contribution in [2.45, 2.75) is 18.9 Å². The Hall–Kier alpha value is -2.12. The van der Waals surface area contributed by atoms with Crippen LogP contribution < -0.4 is 5.32 Å². The molecule has 0 aromatic heterocycles. The molecule has 1 saturated heterocycles. The van der Waals surface area contributed by atoms with E-state index < -0.39 is 6.10 Å². The average Bonchev–Trinajstić information content (AvgIpc) is 3.10. The summed E-state index contributed by atoms with van der Waals surface area (Å²) in [6, 6.07) is 6.92. The number of ether oxygens (including phenoxy) is 1. The second kappa shape index (κ2) is 8.12. The van der Waals surface area contributed by atoms with Crippen molar-refractivity contribution in [3.05, 3.63) is 29.8 Å². The van der Waals surface area contributed by atoms with Gasteiger partial charge in [0.05, 0.1) is 18.9 Å². The molecule has 0 bridgehead atoms. The molecule has 7 heteroatoms. The fourth-order valence-corrected chi connectivity index (χ4v) is 2.85. The van der Waals surface area contributed by atoms with E-state index in [1.807, 2.05) is 6.07 Å². The molecule has 1 amide bonds. The van der Waals surface area contributed by atoms with E-state index in [1.54, 1.807) is 18.2 Å². The van der Waals surface area contributed by atoms with Crippen molar-refractivity contribution < 1.29 is 19.5 Å². The normalized spacial score (nSPS) is 21.2. The third kappa shape index (κ3) is 4.24. The number of aromatic hydroxyl groups is 1. The Kier molecular flexibility index (Phi) is 5.66. The van der Waals surface area contributed by atoms with Crippen LogP contribution in [0, 0.1) is 0 Å². The summed E-state index contributed by atoms with van der Waals surface area (Å²) >= 11 is 0. The third-order valence-corrected chi connectivity index (χ3v) is 4.23. The predicted molar refractivity (Wildman–Crippen MR) is 89.0 cm³/mol. The Morgan fingerprint density at radius 3 is 2.92 bits per heavy atom. The van der Waals surface area contributed by atoms with E-state index in [4.69, 9.17) is 9.57 Å². The minimum Gasteiger partial charge on any atom is -0.507 e. The monoisotopic (exact) mass is 333 g/mol. The second-order valence-corrected chi connectivity index (χ2v) is 5.95. The van der Waals surface area contributed by atoms with Gasteiger partial charge < -0.3 is 20.0 Å². The summed E-state index contributed by atoms with van der Waals surface area (Å²) in [5, 5.41) is 16.7. The van der Waals surface area contributed by atoms with Crippen LogP contribution in [-0.4, -0.2) is 67.1 Å². The summed E-state index contributed by atoms with van der Waals surface area (Å²) in [4.78, 5) is 19.7. The third-order valence-electron chi connectivity index (χ3n) is 4.23. The Balaban J connectivity index is 1.38. The maximum Gasteiger partial charge on any atom is 0.264 e. The van der Waals surface area contributed by atoms with Gasteiger partial charge in [-0.25, -0.2) is 0 Å². The molecule has 2 aliphatic heterocycles. The molecule has 1 fully saturated rings. The number of benzene rings is 1. The van der Waals surface area contributed by atoms with Crippen molar-refractivity contribution in [2.75, 3.05) is 39.4 Å². The standard InChI is InChI=1S/C17H23N3O4/c21-15-5-2-1-4-13(15)14-12-16(24-19-14)17(22)18-6-3-7-20-8-10-23-11-9-20/h1-2,4-5,16,21H,3,6-12H2,(H,18,22)/t16-/m1/s1. The van der Waals surface area contributed by atoms with Crippen LogP contribution in [0.1, 0.15) is 18.4 Å². The zero-order chi connectivity index (χ0) is 16.8. The number of para-hydroxylation sites is 1. The lowest BCUT2D eigenvalue weighted by Gasteiger charge is -2.26. The summed E-state index contributed by atoms with van der Waals surface area (Å²) in [5.41, 5.74) is 1.21. The molecule has 0 aliphatic carbocycles. The van der Waals surface area contributed by atoms with Crippen LogP contribution in [-0.2, 0) is 14.4 Å². The van der Waals surface area contributed by atoms with E-state index >= 15 is 0 Å². The van der Waals surface area contributed by atoms with E-state index in [-0.39, 0.29) is 11.7 Å². The van der Waals surface area contributed by atoms with Crippen LogP contribution >= 0.6 is 0 Å². The number of rotatable bonds is 6. The van der Waals surface area contributed by atoms with Gasteiger partial charge in [-0.15, -0.1) is 0 Å². The van der Waals surface area contributed by atoms with Crippen LogP contribution in [0.4, 0.5) is 0 Å². The molecule has 2 aliphatic rings. The predicted octanol–water partition coefficient (Wildman–Crippen LogP) is 0.724. The highest BCUT2D eigenvalue weighted by molar-refractivity contribution is 6.05.